The minimum atomic E-state index is -0.852. The third-order valence-electron chi connectivity index (χ3n) is 7.05. The first-order valence-electron chi connectivity index (χ1n) is 12.9. The van der Waals surface area contributed by atoms with Crippen molar-refractivity contribution in [1.82, 2.24) is 24.6 Å². The van der Waals surface area contributed by atoms with E-state index in [2.05, 4.69) is 20.8 Å². The highest BCUT2D eigenvalue weighted by molar-refractivity contribution is 6.00. The van der Waals surface area contributed by atoms with E-state index in [0.717, 1.165) is 39.2 Å². The normalized spacial score (nSPS) is 11.9. The summed E-state index contributed by atoms with van der Waals surface area (Å²) in [6.07, 6.45) is 2.94. The minimum Gasteiger partial charge on any atom is -0.481 e. The Kier molecular flexibility index (Phi) is 8.13. The zero-order chi connectivity index (χ0) is 28.3. The summed E-state index contributed by atoms with van der Waals surface area (Å²) in [4.78, 5) is 36.9. The van der Waals surface area contributed by atoms with E-state index < -0.39 is 12.0 Å². The van der Waals surface area contributed by atoms with Gasteiger partial charge in [-0.2, -0.15) is 0 Å². The molecule has 39 heavy (non-hydrogen) atoms. The maximum absolute atomic E-state index is 13.6. The topological polar surface area (TPSA) is 131 Å². The zero-order valence-electron chi connectivity index (χ0n) is 22.9. The van der Waals surface area contributed by atoms with Gasteiger partial charge in [-0.05, 0) is 75.4 Å². The van der Waals surface area contributed by atoms with Gasteiger partial charge in [-0.25, -0.2) is 0 Å². The number of carbonyl (C=O) groups is 3. The predicted molar refractivity (Wildman–Crippen MR) is 149 cm³/mol. The molecule has 0 aliphatic carbocycles. The van der Waals surface area contributed by atoms with Crippen molar-refractivity contribution in [2.45, 2.75) is 59.5 Å². The lowest BCUT2D eigenvalue weighted by molar-refractivity contribution is -0.137. The molecule has 2 aromatic heterocycles. The van der Waals surface area contributed by atoms with E-state index in [-0.39, 0.29) is 18.2 Å². The van der Waals surface area contributed by atoms with Gasteiger partial charge in [0.2, 0.25) is 5.91 Å². The Morgan fingerprint density at radius 1 is 1.03 bits per heavy atom. The highest BCUT2D eigenvalue weighted by atomic mass is 16.4. The smallest absolute Gasteiger partial charge is 0.303 e. The summed E-state index contributed by atoms with van der Waals surface area (Å²) in [7, 11) is 1.58. The summed E-state index contributed by atoms with van der Waals surface area (Å²) in [5.41, 5.74) is 4.80. The molecule has 204 valence electrons. The number of aromatic nitrogens is 4. The second-order valence-electron chi connectivity index (χ2n) is 9.82. The molecule has 0 saturated carbocycles. The molecule has 2 amide bonds. The lowest BCUT2D eigenvalue weighted by Gasteiger charge is -2.19. The Balaban J connectivity index is 1.64. The van der Waals surface area contributed by atoms with Crippen LogP contribution in [0.1, 0.15) is 64.5 Å². The summed E-state index contributed by atoms with van der Waals surface area (Å²) in [6.45, 7) is 8.12. The standard InChI is InChI=1S/C29H34N6O4/c1-17-15-34(26-14-23(29(39)30-5)11-12-24(17)26)18(2)28(38)31-25-13-21(16-35-19(3)32-33-20(35)4)9-10-22(25)7-6-8-27(36)37/h9-15,18H,6-8,16H2,1-5H3,(H,30,39)(H,31,38)(H,36,37). The van der Waals surface area contributed by atoms with Crippen LogP contribution in [0, 0.1) is 20.8 Å². The maximum atomic E-state index is 13.6. The number of amides is 2. The van der Waals surface area contributed by atoms with Crippen LogP contribution in [0.15, 0.2) is 42.6 Å². The van der Waals surface area contributed by atoms with Crippen molar-refractivity contribution in [3.05, 3.63) is 76.5 Å². The Morgan fingerprint density at radius 2 is 1.74 bits per heavy atom. The van der Waals surface area contributed by atoms with Gasteiger partial charge in [-0.1, -0.05) is 18.2 Å². The third kappa shape index (κ3) is 6.00. The highest BCUT2D eigenvalue weighted by Crippen LogP contribution is 2.28. The molecule has 0 aliphatic heterocycles. The fourth-order valence-corrected chi connectivity index (χ4v) is 4.78. The number of fused-ring (bicyclic) bond motifs is 1. The number of hydrogen-bond donors (Lipinski definition) is 3. The third-order valence-corrected chi connectivity index (χ3v) is 7.05. The predicted octanol–water partition coefficient (Wildman–Crippen LogP) is 4.17. The minimum absolute atomic E-state index is 0.0486. The van der Waals surface area contributed by atoms with Crippen molar-refractivity contribution in [3.63, 3.8) is 0 Å². The number of anilines is 1. The fourth-order valence-electron chi connectivity index (χ4n) is 4.78. The van der Waals surface area contributed by atoms with E-state index in [0.29, 0.717) is 30.6 Å². The molecule has 1 unspecified atom stereocenters. The lowest BCUT2D eigenvalue weighted by atomic mass is 10.0. The lowest BCUT2D eigenvalue weighted by Crippen LogP contribution is -2.24. The number of benzene rings is 2. The largest absolute Gasteiger partial charge is 0.481 e. The molecule has 0 saturated heterocycles. The molecule has 4 rings (SSSR count). The van der Waals surface area contributed by atoms with Gasteiger partial charge < -0.3 is 24.9 Å². The van der Waals surface area contributed by atoms with Gasteiger partial charge >= 0.3 is 5.97 Å². The maximum Gasteiger partial charge on any atom is 0.303 e. The van der Waals surface area contributed by atoms with E-state index in [9.17, 15) is 14.4 Å². The SMILES string of the molecule is CNC(=O)c1ccc2c(C)cn(C(C)C(=O)Nc3cc(Cn4c(C)nnc4C)ccc3CCCC(=O)O)c2c1. The van der Waals surface area contributed by atoms with Crippen LogP contribution >= 0.6 is 0 Å². The van der Waals surface area contributed by atoms with Gasteiger partial charge in [-0.15, -0.1) is 10.2 Å². The Bertz CT molecular complexity index is 1530. The molecule has 0 aliphatic rings. The van der Waals surface area contributed by atoms with Crippen LogP contribution in [0.3, 0.4) is 0 Å². The van der Waals surface area contributed by atoms with Gasteiger partial charge in [0.15, 0.2) is 0 Å². The van der Waals surface area contributed by atoms with E-state index in [4.69, 9.17) is 5.11 Å². The van der Waals surface area contributed by atoms with Crippen LogP contribution in [0.5, 0.6) is 0 Å². The van der Waals surface area contributed by atoms with Gasteiger partial charge in [-0.3, -0.25) is 14.4 Å². The molecular weight excluding hydrogens is 496 g/mol. The molecule has 0 spiro atoms. The van der Waals surface area contributed by atoms with Crippen molar-refractivity contribution in [2.75, 3.05) is 12.4 Å². The van der Waals surface area contributed by atoms with Crippen molar-refractivity contribution in [2.24, 2.45) is 0 Å². The van der Waals surface area contributed by atoms with Gasteiger partial charge in [0, 0.05) is 41.8 Å². The van der Waals surface area contributed by atoms with Crippen molar-refractivity contribution in [3.8, 4) is 0 Å². The number of rotatable bonds is 10. The summed E-state index contributed by atoms with van der Waals surface area (Å²) in [6, 6.07) is 10.8. The first-order valence-corrected chi connectivity index (χ1v) is 12.9. The number of carbonyl (C=O) groups excluding carboxylic acids is 2. The van der Waals surface area contributed by atoms with Crippen molar-refractivity contribution >= 4 is 34.4 Å². The van der Waals surface area contributed by atoms with E-state index in [1.54, 1.807) is 19.2 Å². The molecular formula is C29H34N6O4. The van der Waals surface area contributed by atoms with E-state index in [1.807, 2.05) is 67.3 Å². The average molecular weight is 531 g/mol. The van der Waals surface area contributed by atoms with E-state index in [1.165, 1.54) is 0 Å². The molecule has 3 N–H and O–H groups in total. The first kappa shape index (κ1) is 27.6. The number of aryl methyl sites for hydroxylation is 4. The van der Waals surface area contributed by atoms with Gasteiger partial charge in [0.1, 0.15) is 17.7 Å². The number of nitrogens with one attached hydrogen (secondary N) is 2. The second kappa shape index (κ2) is 11.5. The highest BCUT2D eigenvalue weighted by Gasteiger charge is 2.21. The molecule has 0 fully saturated rings. The number of hydrogen-bond acceptors (Lipinski definition) is 5. The number of carboxylic acids is 1. The zero-order valence-corrected chi connectivity index (χ0v) is 22.9. The summed E-state index contributed by atoms with van der Waals surface area (Å²) in [5.74, 6) is 0.327. The van der Waals surface area contributed by atoms with Gasteiger partial charge in [0.05, 0.1) is 6.54 Å². The monoisotopic (exact) mass is 530 g/mol. The number of nitrogens with zero attached hydrogens (tertiary/aromatic N) is 4. The summed E-state index contributed by atoms with van der Waals surface area (Å²) in [5, 5.41) is 24.0. The molecule has 4 aromatic rings. The molecule has 10 heteroatoms. The molecule has 1 atom stereocenters. The van der Waals surface area contributed by atoms with Crippen LogP contribution in [0.25, 0.3) is 10.9 Å². The Labute approximate surface area is 227 Å². The van der Waals surface area contributed by atoms with Crippen LogP contribution < -0.4 is 10.6 Å². The summed E-state index contributed by atoms with van der Waals surface area (Å²) < 4.78 is 3.87. The Morgan fingerprint density at radius 3 is 2.41 bits per heavy atom. The van der Waals surface area contributed by atoms with Crippen molar-refractivity contribution in [1.29, 1.82) is 0 Å². The molecule has 0 bridgehead atoms. The van der Waals surface area contributed by atoms with Crippen LogP contribution in [-0.4, -0.2) is 49.3 Å². The average Bonchev–Trinajstić information content (AvgIpc) is 3.41. The molecule has 0 radical (unpaired) electrons. The van der Waals surface area contributed by atoms with Crippen LogP contribution in [0.2, 0.25) is 0 Å². The molecule has 2 heterocycles. The second-order valence-corrected chi connectivity index (χ2v) is 9.82. The van der Waals surface area contributed by atoms with Crippen LogP contribution in [0.4, 0.5) is 5.69 Å². The Hall–Kier alpha value is -4.47. The summed E-state index contributed by atoms with van der Waals surface area (Å²) >= 11 is 0. The van der Waals surface area contributed by atoms with E-state index >= 15 is 0 Å². The van der Waals surface area contributed by atoms with Gasteiger partial charge in [0.25, 0.3) is 5.91 Å². The van der Waals surface area contributed by atoms with Crippen molar-refractivity contribution < 1.29 is 19.5 Å². The number of carboxylic acid groups (broad SMARTS) is 1. The fraction of sp³-hybridized carbons (Fsp3) is 0.345. The quantitative estimate of drug-likeness (QED) is 0.282. The molecule has 2 aromatic carbocycles. The van der Waals surface area contributed by atoms with Crippen LogP contribution in [-0.2, 0) is 22.6 Å². The molecule has 10 nitrogen and oxygen atoms in total. The number of aliphatic carboxylic acids is 1. The first-order chi connectivity index (χ1) is 18.6.